The fourth-order valence-corrected chi connectivity index (χ4v) is 4.99. The molecule has 2 aromatic carbocycles. The summed E-state index contributed by atoms with van der Waals surface area (Å²) in [5.74, 6) is 0.540. The lowest BCUT2D eigenvalue weighted by atomic mass is 10.1. The van der Waals surface area contributed by atoms with Crippen molar-refractivity contribution in [2.45, 2.75) is 32.4 Å². The Bertz CT molecular complexity index is 1160. The molecule has 0 radical (unpaired) electrons. The van der Waals surface area contributed by atoms with E-state index in [1.807, 2.05) is 24.3 Å². The summed E-state index contributed by atoms with van der Waals surface area (Å²) >= 11 is 3.39. The van der Waals surface area contributed by atoms with Gasteiger partial charge in [0, 0.05) is 37.1 Å². The van der Waals surface area contributed by atoms with E-state index in [0.29, 0.717) is 30.4 Å². The zero-order valence-electron chi connectivity index (χ0n) is 20.0. The van der Waals surface area contributed by atoms with Crippen LogP contribution in [0.25, 0.3) is 0 Å². The Hall–Kier alpha value is -2.79. The van der Waals surface area contributed by atoms with Crippen LogP contribution in [0.5, 0.6) is 11.5 Å². The van der Waals surface area contributed by atoms with Crippen LogP contribution in [0, 0.1) is 0 Å². The highest BCUT2D eigenvalue weighted by atomic mass is 79.9. The lowest BCUT2D eigenvalue weighted by Crippen LogP contribution is -2.46. The number of nitrogens with zero attached hydrogens (tertiary/aromatic N) is 2. The Morgan fingerprint density at radius 1 is 1.09 bits per heavy atom. The molecule has 190 valence electrons. The summed E-state index contributed by atoms with van der Waals surface area (Å²) in [5.41, 5.74) is 1.32. The first-order valence-electron chi connectivity index (χ1n) is 11.2. The van der Waals surface area contributed by atoms with Gasteiger partial charge in [0.05, 0.1) is 11.9 Å². The van der Waals surface area contributed by atoms with Crippen molar-refractivity contribution in [3.8, 4) is 11.5 Å². The maximum Gasteiger partial charge on any atom is 0.242 e. The van der Waals surface area contributed by atoms with Crippen molar-refractivity contribution >= 4 is 43.5 Å². The number of carbonyl (C=O) groups excluding carboxylic acids is 2. The fourth-order valence-electron chi connectivity index (χ4n) is 3.77. The molecular formula is C24H30BrN3O6S. The van der Waals surface area contributed by atoms with E-state index in [1.54, 1.807) is 25.1 Å². The van der Waals surface area contributed by atoms with E-state index in [-0.39, 0.29) is 37.7 Å². The fraction of sp³-hybridized carbons (Fsp3) is 0.417. The molecule has 0 unspecified atom stereocenters. The molecule has 1 aliphatic heterocycles. The summed E-state index contributed by atoms with van der Waals surface area (Å²) in [6.45, 7) is 2.87. The molecule has 0 aliphatic carbocycles. The summed E-state index contributed by atoms with van der Waals surface area (Å²) in [6, 6.07) is 11.8. The molecular weight excluding hydrogens is 538 g/mol. The van der Waals surface area contributed by atoms with Crippen molar-refractivity contribution in [1.82, 2.24) is 10.2 Å². The third-order valence-corrected chi connectivity index (χ3v) is 7.37. The van der Waals surface area contributed by atoms with Gasteiger partial charge in [-0.25, -0.2) is 8.42 Å². The van der Waals surface area contributed by atoms with Crippen molar-refractivity contribution in [3.63, 3.8) is 0 Å². The number of anilines is 1. The average molecular weight is 568 g/mol. The maximum absolute atomic E-state index is 13.2. The van der Waals surface area contributed by atoms with E-state index < -0.39 is 16.1 Å². The number of likely N-dealkylation sites (N-methyl/N-ethyl adjacent to an activating group) is 1. The smallest absolute Gasteiger partial charge is 0.242 e. The monoisotopic (exact) mass is 567 g/mol. The normalized spacial score (nSPS) is 13.6. The van der Waals surface area contributed by atoms with E-state index in [9.17, 15) is 18.0 Å². The molecule has 0 aromatic heterocycles. The number of halogens is 1. The Labute approximate surface area is 214 Å². The Kier molecular flexibility index (Phi) is 9.01. The van der Waals surface area contributed by atoms with E-state index in [1.165, 1.54) is 16.3 Å². The molecule has 0 spiro atoms. The molecule has 0 bridgehead atoms. The zero-order valence-corrected chi connectivity index (χ0v) is 22.4. The maximum atomic E-state index is 13.2. The molecule has 1 N–H and O–H groups in total. The van der Waals surface area contributed by atoms with Gasteiger partial charge in [0.25, 0.3) is 0 Å². The lowest BCUT2D eigenvalue weighted by Gasteiger charge is -2.29. The zero-order chi connectivity index (χ0) is 25.6. The third kappa shape index (κ3) is 7.11. The van der Waals surface area contributed by atoms with Gasteiger partial charge in [0.2, 0.25) is 21.8 Å². The number of rotatable bonds is 10. The molecule has 1 aliphatic rings. The van der Waals surface area contributed by atoms with Crippen LogP contribution in [-0.4, -0.2) is 64.2 Å². The number of nitrogens with one attached hydrogen (secondary N) is 1. The highest BCUT2D eigenvalue weighted by Gasteiger charge is 2.26. The lowest BCUT2D eigenvalue weighted by molar-refractivity contribution is -0.140. The topological polar surface area (TPSA) is 105 Å². The van der Waals surface area contributed by atoms with Crippen LogP contribution >= 0.6 is 15.9 Å². The summed E-state index contributed by atoms with van der Waals surface area (Å²) in [4.78, 5) is 27.0. The van der Waals surface area contributed by atoms with Crippen LogP contribution in [0.1, 0.15) is 25.3 Å². The van der Waals surface area contributed by atoms with E-state index in [4.69, 9.17) is 9.47 Å². The van der Waals surface area contributed by atoms with Crippen molar-refractivity contribution in [2.75, 3.05) is 37.4 Å². The van der Waals surface area contributed by atoms with E-state index in [2.05, 4.69) is 21.2 Å². The second-order valence-electron chi connectivity index (χ2n) is 8.20. The Balaban J connectivity index is 1.72. The van der Waals surface area contributed by atoms with Crippen LogP contribution in [-0.2, 0) is 26.2 Å². The number of fused-ring (bicyclic) bond motifs is 1. The predicted octanol–water partition coefficient (Wildman–Crippen LogP) is 2.93. The minimum Gasteiger partial charge on any atom is -0.486 e. The summed E-state index contributed by atoms with van der Waals surface area (Å²) in [5, 5.41) is 2.59. The minimum atomic E-state index is -3.61. The van der Waals surface area contributed by atoms with E-state index >= 15 is 0 Å². The average Bonchev–Trinajstić information content (AvgIpc) is 2.84. The number of hydrogen-bond acceptors (Lipinski definition) is 6. The highest BCUT2D eigenvalue weighted by molar-refractivity contribution is 9.10. The quantitative estimate of drug-likeness (QED) is 0.473. The van der Waals surface area contributed by atoms with Gasteiger partial charge in [-0.3, -0.25) is 13.9 Å². The molecule has 9 nitrogen and oxygen atoms in total. The SMILES string of the molecule is CNC(=O)[C@H](C)N(Cc1ccc(Br)cc1)C(=O)CCCN(c1ccc2c(c1)OCCO2)S(C)(=O)=O. The molecule has 2 aromatic rings. The summed E-state index contributed by atoms with van der Waals surface area (Å²) < 4.78 is 38.3. The largest absolute Gasteiger partial charge is 0.486 e. The third-order valence-electron chi connectivity index (χ3n) is 5.65. The molecule has 1 atom stereocenters. The van der Waals surface area contributed by atoms with Gasteiger partial charge in [-0.05, 0) is 43.2 Å². The van der Waals surface area contributed by atoms with Crippen molar-refractivity contribution in [2.24, 2.45) is 0 Å². The Morgan fingerprint density at radius 3 is 2.37 bits per heavy atom. The summed E-state index contributed by atoms with van der Waals surface area (Å²) in [6.07, 6.45) is 1.48. The number of ether oxygens (including phenoxy) is 2. The molecule has 2 amide bonds. The van der Waals surface area contributed by atoms with Gasteiger partial charge in [-0.2, -0.15) is 0 Å². The van der Waals surface area contributed by atoms with Gasteiger partial charge in [-0.1, -0.05) is 28.1 Å². The van der Waals surface area contributed by atoms with Gasteiger partial charge in [-0.15, -0.1) is 0 Å². The van der Waals surface area contributed by atoms with Crippen molar-refractivity contribution in [1.29, 1.82) is 0 Å². The first kappa shape index (κ1) is 26.8. The molecule has 11 heteroatoms. The predicted molar refractivity (Wildman–Crippen MR) is 137 cm³/mol. The van der Waals surface area contributed by atoms with Crippen LogP contribution in [0.15, 0.2) is 46.9 Å². The van der Waals surface area contributed by atoms with Crippen LogP contribution in [0.2, 0.25) is 0 Å². The van der Waals surface area contributed by atoms with Crippen molar-refractivity contribution in [3.05, 3.63) is 52.5 Å². The molecule has 0 saturated heterocycles. The first-order valence-corrected chi connectivity index (χ1v) is 13.9. The van der Waals surface area contributed by atoms with Crippen LogP contribution in [0.4, 0.5) is 5.69 Å². The van der Waals surface area contributed by atoms with Crippen LogP contribution in [0.3, 0.4) is 0 Å². The molecule has 0 saturated carbocycles. The number of amides is 2. The molecule has 1 heterocycles. The van der Waals surface area contributed by atoms with Gasteiger partial charge >= 0.3 is 0 Å². The van der Waals surface area contributed by atoms with Crippen molar-refractivity contribution < 1.29 is 27.5 Å². The minimum absolute atomic E-state index is 0.0778. The second-order valence-corrected chi connectivity index (χ2v) is 11.0. The Morgan fingerprint density at radius 2 is 1.74 bits per heavy atom. The standard InChI is InChI=1S/C24H30BrN3O6S/c1-17(24(30)26-2)27(16-18-6-8-19(25)9-7-18)23(29)5-4-12-28(35(3,31)32)20-10-11-21-22(15-20)34-14-13-33-21/h6-11,15,17H,4-5,12-14,16H2,1-3H3,(H,26,30)/t17-/m0/s1. The van der Waals surface area contributed by atoms with Gasteiger partial charge in [0.15, 0.2) is 11.5 Å². The number of carbonyl (C=O) groups is 2. The molecule has 0 fully saturated rings. The van der Waals surface area contributed by atoms with E-state index in [0.717, 1.165) is 16.3 Å². The number of sulfonamides is 1. The number of hydrogen-bond donors (Lipinski definition) is 1. The first-order chi connectivity index (χ1) is 16.6. The summed E-state index contributed by atoms with van der Waals surface area (Å²) in [7, 11) is -2.08. The highest BCUT2D eigenvalue weighted by Crippen LogP contribution is 2.34. The number of benzene rings is 2. The van der Waals surface area contributed by atoms with Crippen LogP contribution < -0.4 is 19.1 Å². The molecule has 35 heavy (non-hydrogen) atoms. The second kappa shape index (κ2) is 11.8. The molecule has 3 rings (SSSR count). The van der Waals surface area contributed by atoms with Gasteiger partial charge in [0.1, 0.15) is 19.3 Å². The van der Waals surface area contributed by atoms with Gasteiger partial charge < -0.3 is 19.7 Å².